The van der Waals surface area contributed by atoms with Crippen molar-refractivity contribution in [3.05, 3.63) is 69.4 Å². The molecule has 0 atom stereocenters. The van der Waals surface area contributed by atoms with Crippen LogP contribution in [0.15, 0.2) is 47.3 Å². The van der Waals surface area contributed by atoms with Crippen molar-refractivity contribution < 1.29 is 14.6 Å². The zero-order valence-electron chi connectivity index (χ0n) is 15.5. The first-order valence-electron chi connectivity index (χ1n) is 8.88. The summed E-state index contributed by atoms with van der Waals surface area (Å²) in [4.78, 5) is 29.4. The van der Waals surface area contributed by atoms with E-state index in [0.717, 1.165) is 10.2 Å². The summed E-state index contributed by atoms with van der Waals surface area (Å²) in [5.41, 5.74) is 1.18. The van der Waals surface area contributed by atoms with Gasteiger partial charge in [0.2, 0.25) is 0 Å². The van der Waals surface area contributed by atoms with Gasteiger partial charge in [-0.15, -0.1) is 0 Å². The molecule has 0 radical (unpaired) electrons. The Hall–Kier alpha value is -3.23. The maximum atomic E-state index is 12.7. The van der Waals surface area contributed by atoms with Crippen molar-refractivity contribution in [2.45, 2.75) is 13.2 Å². The number of rotatable bonds is 5. The number of halogens is 1. The molecule has 0 aliphatic carbocycles. The van der Waals surface area contributed by atoms with Crippen LogP contribution in [0.5, 0.6) is 0 Å². The predicted molar refractivity (Wildman–Crippen MR) is 108 cm³/mol. The molecule has 2 aromatic heterocycles. The third-order valence-electron chi connectivity index (χ3n) is 4.60. The third-order valence-corrected chi connectivity index (χ3v) is 4.83. The molecule has 0 aliphatic heterocycles. The number of nitrogens with zero attached hydrogens (tertiary/aromatic N) is 4. The zero-order valence-corrected chi connectivity index (χ0v) is 16.3. The lowest BCUT2D eigenvalue weighted by Crippen LogP contribution is -2.24. The van der Waals surface area contributed by atoms with E-state index in [1.807, 2.05) is 0 Å². The summed E-state index contributed by atoms with van der Waals surface area (Å²) < 4.78 is 8.31. The molecule has 0 aliphatic rings. The molecule has 0 saturated carbocycles. The minimum atomic E-state index is -0.669. The molecule has 0 fully saturated rings. The lowest BCUT2D eigenvalue weighted by atomic mass is 10.1. The van der Waals surface area contributed by atoms with Gasteiger partial charge in [-0.05, 0) is 24.3 Å². The van der Waals surface area contributed by atoms with Crippen LogP contribution in [0.1, 0.15) is 16.3 Å². The van der Waals surface area contributed by atoms with Gasteiger partial charge in [0.1, 0.15) is 12.4 Å². The highest BCUT2D eigenvalue weighted by Crippen LogP contribution is 2.22. The number of benzene rings is 2. The molecule has 0 spiro atoms. The molecule has 8 nitrogen and oxygen atoms in total. The number of aryl methyl sites for hydroxylation is 1. The Balaban J connectivity index is 1.67. The molecular formula is C20H17ClN4O4. The van der Waals surface area contributed by atoms with Gasteiger partial charge < -0.3 is 14.4 Å². The second kappa shape index (κ2) is 7.65. The molecule has 29 heavy (non-hydrogen) atoms. The second-order valence-electron chi connectivity index (χ2n) is 6.44. The molecule has 4 aromatic rings. The highest BCUT2D eigenvalue weighted by molar-refractivity contribution is 6.31. The molecule has 0 bridgehead atoms. The average Bonchev–Trinajstić information content (AvgIpc) is 3.06. The van der Waals surface area contributed by atoms with Crippen molar-refractivity contribution in [2.24, 2.45) is 7.05 Å². The topological polar surface area (TPSA) is 99.2 Å². The molecule has 2 heterocycles. The summed E-state index contributed by atoms with van der Waals surface area (Å²) in [6.07, 6.45) is 0. The molecule has 0 amide bonds. The second-order valence-corrected chi connectivity index (χ2v) is 6.87. The lowest BCUT2D eigenvalue weighted by molar-refractivity contribution is 0.0450. The average molecular weight is 413 g/mol. The third kappa shape index (κ3) is 3.48. The Kier molecular flexibility index (Phi) is 5.04. The van der Waals surface area contributed by atoms with Crippen LogP contribution in [0.2, 0.25) is 5.02 Å². The maximum Gasteiger partial charge on any atom is 0.359 e. The van der Waals surface area contributed by atoms with Crippen molar-refractivity contribution in [1.82, 2.24) is 19.3 Å². The Morgan fingerprint density at radius 2 is 1.97 bits per heavy atom. The summed E-state index contributed by atoms with van der Waals surface area (Å²) in [7, 11) is 1.48. The summed E-state index contributed by atoms with van der Waals surface area (Å²) in [6.45, 7) is 0.0562. The van der Waals surface area contributed by atoms with Crippen LogP contribution in [0.4, 0.5) is 0 Å². The van der Waals surface area contributed by atoms with Crippen molar-refractivity contribution in [3.8, 4) is 0 Å². The molecule has 4 rings (SSSR count). The normalized spacial score (nSPS) is 11.3. The number of fused-ring (bicyclic) bond motifs is 2. The van der Waals surface area contributed by atoms with Crippen molar-refractivity contribution in [3.63, 3.8) is 0 Å². The van der Waals surface area contributed by atoms with Crippen LogP contribution >= 0.6 is 11.6 Å². The monoisotopic (exact) mass is 412 g/mol. The molecule has 0 saturated heterocycles. The minimum absolute atomic E-state index is 0.0514. The molecule has 1 N–H and O–H groups in total. The number of esters is 1. The Labute approximate surface area is 169 Å². The van der Waals surface area contributed by atoms with Crippen LogP contribution in [0, 0.1) is 0 Å². The Morgan fingerprint density at radius 1 is 1.21 bits per heavy atom. The Bertz CT molecular complexity index is 1300. The fraction of sp³-hybridized carbons (Fsp3) is 0.200. The van der Waals surface area contributed by atoms with Crippen molar-refractivity contribution >= 4 is 39.4 Å². The van der Waals surface area contributed by atoms with E-state index in [4.69, 9.17) is 16.3 Å². The van der Waals surface area contributed by atoms with E-state index < -0.39 is 5.97 Å². The molecule has 0 unspecified atom stereocenters. The van der Waals surface area contributed by atoms with Gasteiger partial charge in [0.25, 0.3) is 5.56 Å². The summed E-state index contributed by atoms with van der Waals surface area (Å²) >= 11 is 6.07. The van der Waals surface area contributed by atoms with Gasteiger partial charge >= 0.3 is 5.97 Å². The maximum absolute atomic E-state index is 12.7. The number of carbonyl (C=O) groups is 1. The van der Waals surface area contributed by atoms with Crippen LogP contribution in [-0.2, 0) is 24.9 Å². The van der Waals surface area contributed by atoms with Crippen LogP contribution < -0.4 is 5.56 Å². The minimum Gasteiger partial charge on any atom is -0.453 e. The van der Waals surface area contributed by atoms with E-state index in [1.54, 1.807) is 47.0 Å². The van der Waals surface area contributed by atoms with Crippen molar-refractivity contribution in [1.29, 1.82) is 0 Å². The summed E-state index contributed by atoms with van der Waals surface area (Å²) in [5.74, 6) is -0.198. The fourth-order valence-corrected chi connectivity index (χ4v) is 3.42. The highest BCUT2D eigenvalue weighted by atomic mass is 35.5. The van der Waals surface area contributed by atoms with Crippen molar-refractivity contribution in [2.75, 3.05) is 6.61 Å². The number of aliphatic hydroxyl groups is 1. The first-order valence-corrected chi connectivity index (χ1v) is 9.26. The first-order chi connectivity index (χ1) is 14.0. The summed E-state index contributed by atoms with van der Waals surface area (Å²) in [5, 5.41) is 14.8. The first kappa shape index (κ1) is 19.1. The van der Waals surface area contributed by atoms with E-state index in [0.29, 0.717) is 27.1 Å². The lowest BCUT2D eigenvalue weighted by Gasteiger charge is -2.10. The predicted octanol–water partition coefficient (Wildman–Crippen LogP) is 2.29. The van der Waals surface area contributed by atoms with Gasteiger partial charge in [0.15, 0.2) is 5.69 Å². The number of ether oxygens (including phenoxy) is 1. The van der Waals surface area contributed by atoms with Gasteiger partial charge in [-0.2, -0.15) is 5.10 Å². The van der Waals surface area contributed by atoms with Crippen LogP contribution in [-0.4, -0.2) is 37.0 Å². The SMILES string of the molecule is Cn1nc(C(=O)OCc2nc3ccc(Cl)cc3n2CCO)c2ccccc2c1=O. The van der Waals surface area contributed by atoms with E-state index in [9.17, 15) is 14.7 Å². The number of hydrogen-bond acceptors (Lipinski definition) is 6. The van der Waals surface area contributed by atoms with E-state index in [2.05, 4.69) is 10.1 Å². The van der Waals surface area contributed by atoms with Crippen LogP contribution in [0.25, 0.3) is 21.8 Å². The van der Waals surface area contributed by atoms with Crippen LogP contribution in [0.3, 0.4) is 0 Å². The quantitative estimate of drug-likeness (QED) is 0.505. The number of imidazole rings is 1. The smallest absolute Gasteiger partial charge is 0.359 e. The Morgan fingerprint density at radius 3 is 2.72 bits per heavy atom. The van der Waals surface area contributed by atoms with E-state index in [1.165, 1.54) is 7.05 Å². The molecule has 9 heteroatoms. The number of aromatic nitrogens is 4. The van der Waals surface area contributed by atoms with E-state index >= 15 is 0 Å². The van der Waals surface area contributed by atoms with Gasteiger partial charge in [-0.25, -0.2) is 14.5 Å². The molecule has 148 valence electrons. The number of aliphatic hydroxyl groups excluding tert-OH is 1. The number of carbonyl (C=O) groups excluding carboxylic acids is 1. The van der Waals surface area contributed by atoms with Gasteiger partial charge in [0, 0.05) is 24.0 Å². The number of hydrogen-bond donors (Lipinski definition) is 1. The molecule has 2 aromatic carbocycles. The summed E-state index contributed by atoms with van der Waals surface area (Å²) in [6, 6.07) is 12.0. The standard InChI is InChI=1S/C20H17ClN4O4/c1-24-19(27)14-5-3-2-4-13(14)18(23-24)20(28)29-11-17-22-15-7-6-12(21)10-16(15)25(17)8-9-26/h2-7,10,26H,8-9,11H2,1H3. The highest BCUT2D eigenvalue weighted by Gasteiger charge is 2.19. The zero-order chi connectivity index (χ0) is 20.5. The largest absolute Gasteiger partial charge is 0.453 e. The van der Waals surface area contributed by atoms with Gasteiger partial charge in [-0.3, -0.25) is 4.79 Å². The van der Waals surface area contributed by atoms with Gasteiger partial charge in [-0.1, -0.05) is 29.8 Å². The van der Waals surface area contributed by atoms with Gasteiger partial charge in [0.05, 0.1) is 23.0 Å². The molecular weight excluding hydrogens is 396 g/mol. The van der Waals surface area contributed by atoms with E-state index in [-0.39, 0.29) is 31.0 Å². The fourth-order valence-electron chi connectivity index (χ4n) is 3.25.